The van der Waals surface area contributed by atoms with Crippen LogP contribution in [-0.2, 0) is 22.6 Å². The van der Waals surface area contributed by atoms with Gasteiger partial charge in [-0.1, -0.05) is 25.4 Å². The molecule has 1 unspecified atom stereocenters. The zero-order chi connectivity index (χ0) is 22.0. The summed E-state index contributed by atoms with van der Waals surface area (Å²) in [6, 6.07) is 1.85. The van der Waals surface area contributed by atoms with Crippen LogP contribution in [0.25, 0.3) is 0 Å². The maximum absolute atomic E-state index is 12.7. The van der Waals surface area contributed by atoms with Gasteiger partial charge in [-0.15, -0.1) is 0 Å². The fourth-order valence-electron chi connectivity index (χ4n) is 3.89. The van der Waals surface area contributed by atoms with Gasteiger partial charge in [0.15, 0.2) is 6.61 Å². The lowest BCUT2D eigenvalue weighted by Gasteiger charge is -2.14. The molecule has 30 heavy (non-hydrogen) atoms. The first-order valence-electron chi connectivity index (χ1n) is 10.4. The minimum absolute atomic E-state index is 0.183. The highest BCUT2D eigenvalue weighted by atomic mass is 35.5. The van der Waals surface area contributed by atoms with Gasteiger partial charge in [0.05, 0.1) is 11.8 Å². The molecule has 3 heterocycles. The van der Waals surface area contributed by atoms with Crippen LogP contribution in [0.3, 0.4) is 0 Å². The lowest BCUT2D eigenvalue weighted by Crippen LogP contribution is -2.18. The van der Waals surface area contributed by atoms with E-state index in [-0.39, 0.29) is 29.2 Å². The number of carbonyl (C=O) groups excluding carboxylic acids is 2. The predicted octanol–water partition coefficient (Wildman–Crippen LogP) is 4.14. The van der Waals surface area contributed by atoms with Crippen LogP contribution in [0.5, 0.6) is 0 Å². The monoisotopic (exact) mass is 435 g/mol. The van der Waals surface area contributed by atoms with E-state index in [1.54, 1.807) is 11.6 Å². The maximum atomic E-state index is 12.7. The minimum Gasteiger partial charge on any atom is -0.454 e. The van der Waals surface area contributed by atoms with Crippen LogP contribution < -0.4 is 0 Å². The van der Waals surface area contributed by atoms with Crippen molar-refractivity contribution in [2.24, 2.45) is 5.92 Å². The third kappa shape index (κ3) is 4.78. The molecule has 0 spiro atoms. The van der Waals surface area contributed by atoms with Crippen LogP contribution in [0.1, 0.15) is 64.5 Å². The van der Waals surface area contributed by atoms with E-state index >= 15 is 0 Å². The summed E-state index contributed by atoms with van der Waals surface area (Å²) in [6.45, 7) is 11.5. The van der Waals surface area contributed by atoms with E-state index in [9.17, 15) is 9.59 Å². The van der Waals surface area contributed by atoms with Gasteiger partial charge in [0, 0.05) is 36.6 Å². The summed E-state index contributed by atoms with van der Waals surface area (Å²) in [5.41, 5.74) is 3.13. The van der Waals surface area contributed by atoms with Gasteiger partial charge in [0.1, 0.15) is 10.7 Å². The Hall–Kier alpha value is -2.12. The van der Waals surface area contributed by atoms with Crippen LogP contribution in [0.2, 0.25) is 5.15 Å². The van der Waals surface area contributed by atoms with Gasteiger partial charge < -0.3 is 14.0 Å². The van der Waals surface area contributed by atoms with Crippen molar-refractivity contribution >= 4 is 23.4 Å². The van der Waals surface area contributed by atoms with Gasteiger partial charge in [0.25, 0.3) is 0 Å². The lowest BCUT2D eigenvalue weighted by molar-refractivity contribution is 0.0473. The van der Waals surface area contributed by atoms with Crippen molar-refractivity contribution in [2.45, 2.75) is 66.7 Å². The molecule has 1 atom stereocenters. The topological polar surface area (TPSA) is 75.4 Å². The van der Waals surface area contributed by atoms with Crippen LogP contribution >= 0.6 is 11.6 Å². The molecule has 2 aromatic rings. The van der Waals surface area contributed by atoms with Gasteiger partial charge in [-0.2, -0.15) is 5.10 Å². The SMILES string of the molecule is Cc1nn(CC(C)C)c(Cl)c1C(=O)OCC(=O)c1cc(C)n(CC2CCCO2)c1C. The third-order valence-electron chi connectivity index (χ3n) is 5.43. The number of aromatic nitrogens is 3. The summed E-state index contributed by atoms with van der Waals surface area (Å²) in [5, 5.41) is 4.56. The van der Waals surface area contributed by atoms with Gasteiger partial charge in [-0.05, 0) is 45.6 Å². The van der Waals surface area contributed by atoms with Crippen molar-refractivity contribution in [3.05, 3.63) is 39.4 Å². The Morgan fingerprint density at radius 1 is 1.33 bits per heavy atom. The molecule has 0 saturated carbocycles. The Kier molecular flexibility index (Phi) is 7.03. The lowest BCUT2D eigenvalue weighted by atomic mass is 10.1. The zero-order valence-electron chi connectivity index (χ0n) is 18.3. The summed E-state index contributed by atoms with van der Waals surface area (Å²) in [4.78, 5) is 25.3. The smallest absolute Gasteiger partial charge is 0.343 e. The van der Waals surface area contributed by atoms with Crippen molar-refractivity contribution in [1.29, 1.82) is 0 Å². The molecule has 3 rings (SSSR count). The summed E-state index contributed by atoms with van der Waals surface area (Å²) >= 11 is 6.33. The third-order valence-corrected chi connectivity index (χ3v) is 5.81. The molecule has 0 aliphatic carbocycles. The van der Waals surface area contributed by atoms with Crippen LogP contribution in [0.15, 0.2) is 6.07 Å². The first-order valence-corrected chi connectivity index (χ1v) is 10.8. The largest absolute Gasteiger partial charge is 0.454 e. The number of rotatable bonds is 8. The Bertz CT molecular complexity index is 939. The summed E-state index contributed by atoms with van der Waals surface area (Å²) in [5.74, 6) is -0.537. The number of esters is 1. The van der Waals surface area contributed by atoms with Crippen LogP contribution in [0, 0.1) is 26.7 Å². The highest BCUT2D eigenvalue weighted by Crippen LogP contribution is 2.23. The normalized spacial score (nSPS) is 16.4. The molecule has 0 bridgehead atoms. The summed E-state index contributed by atoms with van der Waals surface area (Å²) < 4.78 is 14.7. The molecular weight excluding hydrogens is 406 g/mol. The van der Waals surface area contributed by atoms with E-state index in [4.69, 9.17) is 21.1 Å². The predicted molar refractivity (Wildman–Crippen MR) is 114 cm³/mol. The molecule has 0 amide bonds. The summed E-state index contributed by atoms with van der Waals surface area (Å²) in [6.07, 6.45) is 2.28. The fourth-order valence-corrected chi connectivity index (χ4v) is 4.21. The molecule has 1 saturated heterocycles. The number of nitrogens with zero attached hydrogens (tertiary/aromatic N) is 3. The molecule has 0 aromatic carbocycles. The van der Waals surface area contributed by atoms with Crippen molar-refractivity contribution < 1.29 is 19.1 Å². The van der Waals surface area contributed by atoms with Gasteiger partial charge in [0.2, 0.25) is 5.78 Å². The zero-order valence-corrected chi connectivity index (χ0v) is 19.1. The van der Waals surface area contributed by atoms with Crippen molar-refractivity contribution in [2.75, 3.05) is 13.2 Å². The van der Waals surface area contributed by atoms with Gasteiger partial charge in [-0.3, -0.25) is 9.48 Å². The average molecular weight is 436 g/mol. The number of hydrogen-bond donors (Lipinski definition) is 0. The minimum atomic E-state index is -0.631. The van der Waals surface area contributed by atoms with Crippen molar-refractivity contribution in [3.63, 3.8) is 0 Å². The molecule has 8 heteroatoms. The Balaban J connectivity index is 1.67. The molecule has 164 valence electrons. The van der Waals surface area contributed by atoms with Crippen molar-refractivity contribution in [1.82, 2.24) is 14.3 Å². The molecule has 1 aliphatic heterocycles. The number of carbonyl (C=O) groups is 2. The van der Waals surface area contributed by atoms with E-state index < -0.39 is 5.97 Å². The van der Waals surface area contributed by atoms with E-state index in [2.05, 4.69) is 9.67 Å². The molecule has 1 aliphatic rings. The molecule has 0 N–H and O–H groups in total. The van der Waals surface area contributed by atoms with Crippen LogP contribution in [0.4, 0.5) is 0 Å². The van der Waals surface area contributed by atoms with Gasteiger partial charge >= 0.3 is 5.97 Å². The highest BCUT2D eigenvalue weighted by molar-refractivity contribution is 6.32. The fraction of sp³-hybridized carbons (Fsp3) is 0.591. The molecular formula is C22H30ClN3O4. The second-order valence-corrected chi connectivity index (χ2v) is 8.71. The Morgan fingerprint density at radius 3 is 2.70 bits per heavy atom. The number of hydrogen-bond acceptors (Lipinski definition) is 5. The molecule has 0 radical (unpaired) electrons. The quantitative estimate of drug-likeness (QED) is 0.460. The number of aryl methyl sites for hydroxylation is 2. The second-order valence-electron chi connectivity index (χ2n) is 8.36. The average Bonchev–Trinajstić information content (AvgIpc) is 3.35. The molecule has 7 nitrogen and oxygen atoms in total. The molecule has 1 fully saturated rings. The van der Waals surface area contributed by atoms with Crippen LogP contribution in [-0.4, -0.2) is 45.4 Å². The Morgan fingerprint density at radius 2 is 2.07 bits per heavy atom. The van der Waals surface area contributed by atoms with Gasteiger partial charge in [-0.25, -0.2) is 4.79 Å². The van der Waals surface area contributed by atoms with E-state index in [1.165, 1.54) is 0 Å². The summed E-state index contributed by atoms with van der Waals surface area (Å²) in [7, 11) is 0. The van der Waals surface area contributed by atoms with Crippen molar-refractivity contribution in [3.8, 4) is 0 Å². The van der Waals surface area contributed by atoms with E-state index in [0.717, 1.165) is 37.4 Å². The maximum Gasteiger partial charge on any atom is 0.343 e. The molecule has 2 aromatic heterocycles. The Labute approximate surface area is 182 Å². The number of halogens is 1. The van der Waals surface area contributed by atoms with E-state index in [0.29, 0.717) is 23.7 Å². The highest BCUT2D eigenvalue weighted by Gasteiger charge is 2.25. The second kappa shape index (κ2) is 9.35. The number of ether oxygens (including phenoxy) is 2. The standard InChI is InChI=1S/C22H30ClN3O4/c1-13(2)10-26-21(23)20(15(4)24-26)22(28)30-12-19(27)18-9-14(3)25(16(18)5)11-17-7-6-8-29-17/h9,13,17H,6-8,10-12H2,1-5H3. The van der Waals surface area contributed by atoms with E-state index in [1.807, 2.05) is 33.8 Å². The number of ketones is 1. The number of Topliss-reactive ketones (excluding diaryl/α,β-unsaturated/α-hetero) is 1. The first kappa shape index (κ1) is 22.6. The first-order chi connectivity index (χ1) is 14.2.